The fourth-order valence-electron chi connectivity index (χ4n) is 2.95. The molecular weight excluding hydrogens is 368 g/mol. The topological polar surface area (TPSA) is 109 Å². The normalized spacial score (nSPS) is 12.3. The second-order valence-electron chi connectivity index (χ2n) is 7.18. The number of benzene rings is 1. The lowest BCUT2D eigenvalue weighted by molar-refractivity contribution is 0.101. The van der Waals surface area contributed by atoms with E-state index in [1.54, 1.807) is 12.3 Å². The Bertz CT molecular complexity index is 1150. The summed E-state index contributed by atoms with van der Waals surface area (Å²) in [6.07, 6.45) is 3.50. The van der Waals surface area contributed by atoms with Crippen LogP contribution in [0.1, 0.15) is 54.5 Å². The van der Waals surface area contributed by atoms with Gasteiger partial charge in [0.25, 0.3) is 5.91 Å². The molecule has 8 nitrogen and oxygen atoms in total. The quantitative estimate of drug-likeness (QED) is 0.447. The number of aromatic amines is 1. The molecule has 1 aromatic carbocycles. The van der Waals surface area contributed by atoms with Gasteiger partial charge < -0.3 is 20.1 Å². The summed E-state index contributed by atoms with van der Waals surface area (Å²) in [4.78, 5) is 24.3. The van der Waals surface area contributed by atoms with Crippen LogP contribution in [0.25, 0.3) is 11.2 Å². The lowest BCUT2D eigenvalue weighted by atomic mass is 10.1. The van der Waals surface area contributed by atoms with Crippen molar-refractivity contribution >= 4 is 28.6 Å². The first-order valence-corrected chi connectivity index (χ1v) is 9.44. The first-order valence-electron chi connectivity index (χ1n) is 9.44. The first-order chi connectivity index (χ1) is 14.0. The van der Waals surface area contributed by atoms with Gasteiger partial charge >= 0.3 is 0 Å². The molecule has 3 N–H and O–H groups in total. The molecule has 4 aromatic rings. The van der Waals surface area contributed by atoms with Crippen molar-refractivity contribution in [2.75, 3.05) is 10.6 Å². The number of rotatable bonds is 6. The van der Waals surface area contributed by atoms with E-state index in [1.807, 2.05) is 57.3 Å². The van der Waals surface area contributed by atoms with E-state index in [2.05, 4.69) is 30.7 Å². The smallest absolute Gasteiger partial charge is 0.277 e. The standard InChI is InChI=1S/C21H22N6O2/c1-12(2)18-10-17(27-29-18)21(28)25-15-6-4-5-14(9-15)13(3)24-19-11-23-20-16(26-19)7-8-22-20/h4-13H,1-3H3,(H,22,23)(H,24,26)(H,25,28)/t13-/m0/s1. The summed E-state index contributed by atoms with van der Waals surface area (Å²) in [6, 6.07) is 11.2. The van der Waals surface area contributed by atoms with Crippen LogP contribution >= 0.6 is 0 Å². The van der Waals surface area contributed by atoms with E-state index in [0.29, 0.717) is 17.3 Å². The zero-order valence-corrected chi connectivity index (χ0v) is 16.4. The third kappa shape index (κ3) is 4.11. The molecule has 8 heteroatoms. The van der Waals surface area contributed by atoms with Gasteiger partial charge in [0, 0.05) is 23.9 Å². The number of nitrogens with zero attached hydrogens (tertiary/aromatic N) is 3. The molecule has 1 amide bonds. The highest BCUT2D eigenvalue weighted by atomic mass is 16.5. The third-order valence-electron chi connectivity index (χ3n) is 4.60. The molecule has 0 spiro atoms. The average Bonchev–Trinajstić information content (AvgIpc) is 3.37. The zero-order valence-electron chi connectivity index (χ0n) is 16.4. The summed E-state index contributed by atoms with van der Waals surface area (Å²) in [5.74, 6) is 1.24. The van der Waals surface area contributed by atoms with Crippen LogP contribution in [0.4, 0.5) is 11.5 Å². The number of anilines is 2. The lowest BCUT2D eigenvalue weighted by Gasteiger charge is -2.16. The van der Waals surface area contributed by atoms with Gasteiger partial charge in [0.1, 0.15) is 17.1 Å². The van der Waals surface area contributed by atoms with Crippen LogP contribution in [0, 0.1) is 0 Å². The predicted octanol–water partition coefficient (Wildman–Crippen LogP) is 4.49. The Morgan fingerprint density at radius 2 is 2.03 bits per heavy atom. The number of amides is 1. The maximum absolute atomic E-state index is 12.5. The molecule has 0 fully saturated rings. The number of nitrogens with one attached hydrogen (secondary N) is 3. The van der Waals surface area contributed by atoms with E-state index < -0.39 is 0 Å². The molecule has 0 aliphatic rings. The summed E-state index contributed by atoms with van der Waals surface area (Å²) < 4.78 is 5.20. The summed E-state index contributed by atoms with van der Waals surface area (Å²) in [7, 11) is 0. The molecule has 3 heterocycles. The molecule has 0 unspecified atom stereocenters. The maximum atomic E-state index is 12.5. The van der Waals surface area contributed by atoms with Crippen molar-refractivity contribution in [3.8, 4) is 0 Å². The van der Waals surface area contributed by atoms with Gasteiger partial charge in [-0.05, 0) is 30.7 Å². The van der Waals surface area contributed by atoms with E-state index >= 15 is 0 Å². The van der Waals surface area contributed by atoms with Crippen molar-refractivity contribution in [3.63, 3.8) is 0 Å². The van der Waals surface area contributed by atoms with Gasteiger partial charge in [-0.15, -0.1) is 0 Å². The number of hydrogen-bond acceptors (Lipinski definition) is 6. The van der Waals surface area contributed by atoms with E-state index in [4.69, 9.17) is 4.52 Å². The zero-order chi connectivity index (χ0) is 20.4. The monoisotopic (exact) mass is 390 g/mol. The van der Waals surface area contributed by atoms with Crippen molar-refractivity contribution in [1.82, 2.24) is 20.1 Å². The molecule has 3 aromatic heterocycles. The van der Waals surface area contributed by atoms with Crippen LogP contribution in [-0.2, 0) is 0 Å². The highest BCUT2D eigenvalue weighted by Gasteiger charge is 2.15. The molecule has 148 valence electrons. The minimum atomic E-state index is -0.304. The number of fused-ring (bicyclic) bond motifs is 1. The van der Waals surface area contributed by atoms with Gasteiger partial charge in [0.05, 0.1) is 12.2 Å². The van der Waals surface area contributed by atoms with E-state index in [9.17, 15) is 4.79 Å². The average molecular weight is 390 g/mol. The summed E-state index contributed by atoms with van der Waals surface area (Å²) >= 11 is 0. The second kappa shape index (κ2) is 7.75. The fourth-order valence-corrected chi connectivity index (χ4v) is 2.95. The molecule has 0 saturated heterocycles. The minimum absolute atomic E-state index is 0.0304. The summed E-state index contributed by atoms with van der Waals surface area (Å²) in [6.45, 7) is 5.99. The van der Waals surface area contributed by atoms with Gasteiger partial charge in [-0.2, -0.15) is 0 Å². The van der Waals surface area contributed by atoms with Gasteiger partial charge in [-0.1, -0.05) is 31.1 Å². The number of carbonyl (C=O) groups is 1. The van der Waals surface area contributed by atoms with Gasteiger partial charge in [-0.25, -0.2) is 9.97 Å². The molecule has 0 aliphatic heterocycles. The van der Waals surface area contributed by atoms with Crippen molar-refractivity contribution in [1.29, 1.82) is 0 Å². The molecule has 0 aliphatic carbocycles. The van der Waals surface area contributed by atoms with Crippen LogP contribution in [0.5, 0.6) is 0 Å². The Kier molecular flexibility index (Phi) is 4.99. The molecule has 0 bridgehead atoms. The van der Waals surface area contributed by atoms with Gasteiger partial charge in [0.2, 0.25) is 0 Å². The Balaban J connectivity index is 1.46. The van der Waals surface area contributed by atoms with E-state index in [0.717, 1.165) is 16.7 Å². The Morgan fingerprint density at radius 1 is 1.17 bits per heavy atom. The second-order valence-corrected chi connectivity index (χ2v) is 7.18. The number of aromatic nitrogens is 4. The number of carbonyl (C=O) groups excluding carboxylic acids is 1. The SMILES string of the molecule is CC(C)c1cc(C(=O)Nc2cccc([C@H](C)Nc3cnc4[nH]ccc4n3)c2)no1. The van der Waals surface area contributed by atoms with E-state index in [-0.39, 0.29) is 23.6 Å². The van der Waals surface area contributed by atoms with Crippen molar-refractivity contribution in [3.05, 3.63) is 65.8 Å². The molecule has 29 heavy (non-hydrogen) atoms. The Morgan fingerprint density at radius 3 is 2.83 bits per heavy atom. The maximum Gasteiger partial charge on any atom is 0.277 e. The highest BCUT2D eigenvalue weighted by molar-refractivity contribution is 6.02. The molecular formula is C21H22N6O2. The van der Waals surface area contributed by atoms with Crippen LogP contribution in [0.15, 0.2) is 53.3 Å². The van der Waals surface area contributed by atoms with Crippen molar-refractivity contribution < 1.29 is 9.32 Å². The van der Waals surface area contributed by atoms with Gasteiger partial charge in [0.15, 0.2) is 11.3 Å². The Labute approximate surface area is 167 Å². The third-order valence-corrected chi connectivity index (χ3v) is 4.60. The van der Waals surface area contributed by atoms with Crippen molar-refractivity contribution in [2.24, 2.45) is 0 Å². The molecule has 0 saturated carbocycles. The van der Waals surface area contributed by atoms with E-state index in [1.165, 1.54) is 0 Å². The highest BCUT2D eigenvalue weighted by Crippen LogP contribution is 2.22. The molecule has 4 rings (SSSR count). The number of H-pyrrole nitrogens is 1. The fraction of sp³-hybridized carbons (Fsp3) is 0.238. The predicted molar refractivity (Wildman–Crippen MR) is 111 cm³/mol. The van der Waals surface area contributed by atoms with Crippen LogP contribution in [0.3, 0.4) is 0 Å². The summed E-state index contributed by atoms with van der Waals surface area (Å²) in [5.41, 5.74) is 3.50. The van der Waals surface area contributed by atoms with Crippen LogP contribution in [-0.4, -0.2) is 26.0 Å². The minimum Gasteiger partial charge on any atom is -0.362 e. The first kappa shape index (κ1) is 18.7. The van der Waals surface area contributed by atoms with Crippen LogP contribution < -0.4 is 10.6 Å². The largest absolute Gasteiger partial charge is 0.362 e. The Hall–Kier alpha value is -3.68. The molecule has 0 radical (unpaired) electrons. The van der Waals surface area contributed by atoms with Crippen LogP contribution in [0.2, 0.25) is 0 Å². The number of hydrogen-bond donors (Lipinski definition) is 3. The van der Waals surface area contributed by atoms with Gasteiger partial charge in [-0.3, -0.25) is 4.79 Å². The molecule has 1 atom stereocenters. The lowest BCUT2D eigenvalue weighted by Crippen LogP contribution is -2.13. The summed E-state index contributed by atoms with van der Waals surface area (Å²) in [5, 5.41) is 10.1. The van der Waals surface area contributed by atoms with Crippen molar-refractivity contribution in [2.45, 2.75) is 32.7 Å².